The fraction of sp³-hybridized carbons (Fsp3) is 0.250. The first kappa shape index (κ1) is 14.8. The van der Waals surface area contributed by atoms with E-state index in [-0.39, 0.29) is 5.91 Å². The summed E-state index contributed by atoms with van der Waals surface area (Å²) < 4.78 is 10.2. The predicted molar refractivity (Wildman–Crippen MR) is 80.1 cm³/mol. The lowest BCUT2D eigenvalue weighted by molar-refractivity contribution is 0.102. The van der Waals surface area contributed by atoms with Crippen LogP contribution >= 0.6 is 0 Å². The number of carbonyl (C=O) groups is 1. The molecule has 2 aromatic rings. The summed E-state index contributed by atoms with van der Waals surface area (Å²) in [6.07, 6.45) is 0. The summed E-state index contributed by atoms with van der Waals surface area (Å²) in [6, 6.07) is 6.80. The maximum absolute atomic E-state index is 12.4. The second kappa shape index (κ2) is 5.83. The van der Waals surface area contributed by atoms with Gasteiger partial charge in [-0.1, -0.05) is 6.07 Å². The molecule has 5 heteroatoms. The Labute approximate surface area is 122 Å². The Morgan fingerprint density at radius 3 is 2.52 bits per heavy atom. The van der Waals surface area contributed by atoms with Crippen molar-refractivity contribution in [3.05, 3.63) is 57.1 Å². The van der Waals surface area contributed by atoms with E-state index in [4.69, 9.17) is 9.15 Å². The second-order valence-corrected chi connectivity index (χ2v) is 4.84. The number of ether oxygens (including phenoxy) is 1. The van der Waals surface area contributed by atoms with Gasteiger partial charge in [0.25, 0.3) is 5.91 Å². The van der Waals surface area contributed by atoms with Crippen molar-refractivity contribution in [1.29, 1.82) is 0 Å². The number of methoxy groups -OCH3 is 1. The van der Waals surface area contributed by atoms with E-state index >= 15 is 0 Å². The Morgan fingerprint density at radius 1 is 1.19 bits per heavy atom. The zero-order valence-corrected chi connectivity index (χ0v) is 12.4. The minimum absolute atomic E-state index is 0.295. The summed E-state index contributed by atoms with van der Waals surface area (Å²) in [5.74, 6) is 0.531. The molecule has 1 N–H and O–H groups in total. The Bertz CT molecular complexity index is 720. The van der Waals surface area contributed by atoms with Crippen molar-refractivity contribution in [2.24, 2.45) is 0 Å². The van der Waals surface area contributed by atoms with Gasteiger partial charge in [-0.15, -0.1) is 0 Å². The number of rotatable bonds is 3. The molecule has 1 amide bonds. The van der Waals surface area contributed by atoms with Crippen LogP contribution in [0, 0.1) is 20.8 Å². The van der Waals surface area contributed by atoms with Crippen molar-refractivity contribution in [1.82, 2.24) is 0 Å². The van der Waals surface area contributed by atoms with E-state index < -0.39 is 5.63 Å². The summed E-state index contributed by atoms with van der Waals surface area (Å²) in [4.78, 5) is 23.7. The van der Waals surface area contributed by atoms with E-state index in [0.717, 1.165) is 5.56 Å². The summed E-state index contributed by atoms with van der Waals surface area (Å²) in [6.45, 7) is 5.22. The lowest BCUT2D eigenvalue weighted by Gasteiger charge is -2.12. The van der Waals surface area contributed by atoms with Gasteiger partial charge in [0.2, 0.25) is 0 Å². The first-order valence-corrected chi connectivity index (χ1v) is 6.49. The SMILES string of the molecule is COc1ccc(C)cc1NC(=O)c1c(C)cc(=O)oc1C. The van der Waals surface area contributed by atoms with Crippen LogP contribution in [0.5, 0.6) is 5.75 Å². The zero-order chi connectivity index (χ0) is 15.6. The van der Waals surface area contributed by atoms with Crippen LogP contribution in [0.1, 0.15) is 27.2 Å². The highest BCUT2D eigenvalue weighted by Gasteiger charge is 2.17. The lowest BCUT2D eigenvalue weighted by atomic mass is 10.1. The molecule has 0 atom stereocenters. The fourth-order valence-electron chi connectivity index (χ4n) is 2.20. The van der Waals surface area contributed by atoms with Crippen LogP contribution in [0.2, 0.25) is 0 Å². The van der Waals surface area contributed by atoms with Crippen LogP contribution in [0.15, 0.2) is 33.5 Å². The molecule has 1 heterocycles. The minimum Gasteiger partial charge on any atom is -0.495 e. The normalized spacial score (nSPS) is 10.3. The van der Waals surface area contributed by atoms with Gasteiger partial charge < -0.3 is 14.5 Å². The lowest BCUT2D eigenvalue weighted by Crippen LogP contribution is -2.17. The van der Waals surface area contributed by atoms with Gasteiger partial charge in [0.15, 0.2) is 0 Å². The standard InChI is InChI=1S/C16H17NO4/c1-9-5-6-13(20-4)12(7-9)17-16(19)15-10(2)8-14(18)21-11(15)3/h5-8H,1-4H3,(H,17,19). The molecular formula is C16H17NO4. The van der Waals surface area contributed by atoms with Crippen LogP contribution in [0.3, 0.4) is 0 Å². The Hall–Kier alpha value is -2.56. The molecule has 0 unspecified atom stereocenters. The monoisotopic (exact) mass is 287 g/mol. The maximum atomic E-state index is 12.4. The first-order valence-electron chi connectivity index (χ1n) is 6.49. The van der Waals surface area contributed by atoms with Gasteiger partial charge in [0, 0.05) is 6.07 Å². The third-order valence-corrected chi connectivity index (χ3v) is 3.16. The van der Waals surface area contributed by atoms with Crippen LogP contribution in [0.25, 0.3) is 0 Å². The Balaban J connectivity index is 2.39. The van der Waals surface area contributed by atoms with Gasteiger partial charge in [0.05, 0.1) is 18.4 Å². The van der Waals surface area contributed by atoms with E-state index in [0.29, 0.717) is 28.3 Å². The van der Waals surface area contributed by atoms with Crippen LogP contribution in [0.4, 0.5) is 5.69 Å². The second-order valence-electron chi connectivity index (χ2n) is 4.84. The first-order chi connectivity index (χ1) is 9.92. The summed E-state index contributed by atoms with van der Waals surface area (Å²) in [5.41, 5.74) is 2.05. The molecule has 0 fully saturated rings. The van der Waals surface area contributed by atoms with Gasteiger partial charge in [-0.05, 0) is 44.0 Å². The number of benzene rings is 1. The number of hydrogen-bond donors (Lipinski definition) is 1. The molecule has 0 saturated heterocycles. The van der Waals surface area contributed by atoms with Crippen molar-refractivity contribution in [3.8, 4) is 5.75 Å². The number of carbonyl (C=O) groups excluding carboxylic acids is 1. The topological polar surface area (TPSA) is 68.5 Å². The largest absolute Gasteiger partial charge is 0.495 e. The third-order valence-electron chi connectivity index (χ3n) is 3.16. The number of hydrogen-bond acceptors (Lipinski definition) is 4. The fourth-order valence-corrected chi connectivity index (χ4v) is 2.20. The Kier molecular flexibility index (Phi) is 4.12. The molecule has 5 nitrogen and oxygen atoms in total. The summed E-state index contributed by atoms with van der Waals surface area (Å²) >= 11 is 0. The van der Waals surface area contributed by atoms with E-state index in [1.807, 2.05) is 19.1 Å². The molecule has 0 aliphatic rings. The molecule has 0 radical (unpaired) electrons. The molecular weight excluding hydrogens is 270 g/mol. The van der Waals surface area contributed by atoms with E-state index in [2.05, 4.69) is 5.32 Å². The molecule has 0 spiro atoms. The highest BCUT2D eigenvalue weighted by atomic mass is 16.5. The molecule has 1 aromatic carbocycles. The summed E-state index contributed by atoms with van der Waals surface area (Å²) in [7, 11) is 1.54. The van der Waals surface area contributed by atoms with Crippen molar-refractivity contribution in [3.63, 3.8) is 0 Å². The predicted octanol–water partition coefficient (Wildman–Crippen LogP) is 2.83. The zero-order valence-electron chi connectivity index (χ0n) is 12.4. The molecule has 21 heavy (non-hydrogen) atoms. The molecule has 1 aromatic heterocycles. The van der Waals surface area contributed by atoms with E-state index in [1.165, 1.54) is 6.07 Å². The number of anilines is 1. The van der Waals surface area contributed by atoms with Gasteiger partial charge in [0.1, 0.15) is 11.5 Å². The van der Waals surface area contributed by atoms with Crippen LogP contribution < -0.4 is 15.7 Å². The van der Waals surface area contributed by atoms with Gasteiger partial charge in [-0.3, -0.25) is 4.79 Å². The van der Waals surface area contributed by atoms with Crippen molar-refractivity contribution >= 4 is 11.6 Å². The molecule has 0 saturated carbocycles. The van der Waals surface area contributed by atoms with Crippen molar-refractivity contribution in [2.45, 2.75) is 20.8 Å². The third kappa shape index (κ3) is 3.13. The highest BCUT2D eigenvalue weighted by Crippen LogP contribution is 2.26. The average molecular weight is 287 g/mol. The number of nitrogens with one attached hydrogen (secondary N) is 1. The smallest absolute Gasteiger partial charge is 0.336 e. The summed E-state index contributed by atoms with van der Waals surface area (Å²) in [5, 5.41) is 2.79. The molecule has 0 aliphatic carbocycles. The quantitative estimate of drug-likeness (QED) is 0.942. The van der Waals surface area contributed by atoms with Gasteiger partial charge in [-0.25, -0.2) is 4.79 Å². The van der Waals surface area contributed by atoms with Gasteiger partial charge >= 0.3 is 5.63 Å². The maximum Gasteiger partial charge on any atom is 0.336 e. The van der Waals surface area contributed by atoms with Crippen molar-refractivity contribution in [2.75, 3.05) is 12.4 Å². The van der Waals surface area contributed by atoms with Gasteiger partial charge in [-0.2, -0.15) is 0 Å². The molecule has 0 aliphatic heterocycles. The van der Waals surface area contributed by atoms with Crippen molar-refractivity contribution < 1.29 is 13.9 Å². The number of amides is 1. The van der Waals surface area contributed by atoms with Crippen LogP contribution in [-0.4, -0.2) is 13.0 Å². The molecule has 0 bridgehead atoms. The average Bonchev–Trinajstić information content (AvgIpc) is 2.37. The number of aryl methyl sites for hydroxylation is 3. The Morgan fingerprint density at radius 2 is 1.90 bits per heavy atom. The van der Waals surface area contributed by atoms with E-state index in [1.54, 1.807) is 27.0 Å². The highest BCUT2D eigenvalue weighted by molar-refractivity contribution is 6.06. The minimum atomic E-state index is -0.463. The van der Waals surface area contributed by atoms with E-state index in [9.17, 15) is 9.59 Å². The molecule has 110 valence electrons. The molecule has 2 rings (SSSR count). The van der Waals surface area contributed by atoms with Crippen LogP contribution in [-0.2, 0) is 0 Å².